The Labute approximate surface area is 102 Å². The number of nitrogens with zero attached hydrogens (tertiary/aromatic N) is 3. The summed E-state index contributed by atoms with van der Waals surface area (Å²) >= 11 is 0. The monoisotopic (exact) mass is 236 g/mol. The van der Waals surface area contributed by atoms with Gasteiger partial charge in [-0.3, -0.25) is 0 Å². The van der Waals surface area contributed by atoms with E-state index in [1.54, 1.807) is 0 Å². The van der Waals surface area contributed by atoms with Crippen LogP contribution in [-0.2, 0) is 17.8 Å². The Balaban J connectivity index is 1.85. The molecular formula is C12H20N4O. The molecule has 5 nitrogen and oxygen atoms in total. The molecule has 0 unspecified atom stereocenters. The first-order valence-electron chi connectivity index (χ1n) is 6.37. The lowest BCUT2D eigenvalue weighted by Crippen LogP contribution is -2.32. The Morgan fingerprint density at radius 3 is 2.82 bits per heavy atom. The van der Waals surface area contributed by atoms with Crippen molar-refractivity contribution in [3.05, 3.63) is 11.3 Å². The average Bonchev–Trinajstić information content (AvgIpc) is 2.69. The number of anilines is 1. The SMILES string of the molecule is CN1CCC(n2nc3c(c2N)CCOC3)CC1. The fourth-order valence-corrected chi connectivity index (χ4v) is 2.78. The summed E-state index contributed by atoms with van der Waals surface area (Å²) in [6.45, 7) is 3.66. The summed E-state index contributed by atoms with van der Waals surface area (Å²) in [7, 11) is 2.17. The molecule has 3 heterocycles. The minimum Gasteiger partial charge on any atom is -0.384 e. The van der Waals surface area contributed by atoms with Crippen molar-refractivity contribution in [2.75, 3.05) is 32.5 Å². The van der Waals surface area contributed by atoms with Crippen molar-refractivity contribution in [3.63, 3.8) is 0 Å². The van der Waals surface area contributed by atoms with Crippen LogP contribution in [0.25, 0.3) is 0 Å². The van der Waals surface area contributed by atoms with Gasteiger partial charge in [0.05, 0.1) is 24.9 Å². The van der Waals surface area contributed by atoms with Crippen molar-refractivity contribution in [2.45, 2.75) is 31.9 Å². The molecule has 3 rings (SSSR count). The lowest BCUT2D eigenvalue weighted by Gasteiger charge is -2.29. The lowest BCUT2D eigenvalue weighted by atomic mass is 10.1. The highest BCUT2D eigenvalue weighted by molar-refractivity contribution is 5.44. The zero-order valence-electron chi connectivity index (χ0n) is 10.4. The van der Waals surface area contributed by atoms with Crippen LogP contribution in [0.4, 0.5) is 5.82 Å². The van der Waals surface area contributed by atoms with Crippen LogP contribution in [0.2, 0.25) is 0 Å². The van der Waals surface area contributed by atoms with Crippen LogP contribution in [0.5, 0.6) is 0 Å². The van der Waals surface area contributed by atoms with E-state index < -0.39 is 0 Å². The molecule has 1 aromatic heterocycles. The maximum Gasteiger partial charge on any atom is 0.125 e. The summed E-state index contributed by atoms with van der Waals surface area (Å²) in [5.41, 5.74) is 8.49. The molecule has 0 atom stereocenters. The van der Waals surface area contributed by atoms with Crippen LogP contribution in [0.15, 0.2) is 0 Å². The van der Waals surface area contributed by atoms with E-state index in [9.17, 15) is 0 Å². The van der Waals surface area contributed by atoms with Crippen molar-refractivity contribution in [1.29, 1.82) is 0 Å². The maximum absolute atomic E-state index is 6.22. The third-order valence-electron chi connectivity index (χ3n) is 3.90. The second-order valence-corrected chi connectivity index (χ2v) is 5.09. The molecule has 2 aliphatic heterocycles. The predicted molar refractivity (Wildman–Crippen MR) is 65.8 cm³/mol. The maximum atomic E-state index is 6.22. The molecular weight excluding hydrogens is 216 g/mol. The summed E-state index contributed by atoms with van der Waals surface area (Å²) in [4.78, 5) is 2.36. The molecule has 0 radical (unpaired) electrons. The van der Waals surface area contributed by atoms with Gasteiger partial charge in [-0.05, 0) is 33.0 Å². The Bertz CT molecular complexity index is 407. The van der Waals surface area contributed by atoms with E-state index in [4.69, 9.17) is 10.5 Å². The quantitative estimate of drug-likeness (QED) is 0.784. The summed E-state index contributed by atoms with van der Waals surface area (Å²) < 4.78 is 7.48. The van der Waals surface area contributed by atoms with Gasteiger partial charge < -0.3 is 15.4 Å². The van der Waals surface area contributed by atoms with Gasteiger partial charge in [0.15, 0.2) is 0 Å². The molecule has 0 spiro atoms. The third-order valence-corrected chi connectivity index (χ3v) is 3.90. The van der Waals surface area contributed by atoms with Crippen molar-refractivity contribution in [2.24, 2.45) is 0 Å². The zero-order valence-corrected chi connectivity index (χ0v) is 10.4. The van der Waals surface area contributed by atoms with Gasteiger partial charge in [0.25, 0.3) is 0 Å². The first-order chi connectivity index (χ1) is 8.25. The van der Waals surface area contributed by atoms with Crippen molar-refractivity contribution in [3.8, 4) is 0 Å². The van der Waals surface area contributed by atoms with Gasteiger partial charge in [0, 0.05) is 12.0 Å². The third kappa shape index (κ3) is 1.93. The number of likely N-dealkylation sites (tertiary alicyclic amines) is 1. The van der Waals surface area contributed by atoms with Gasteiger partial charge in [-0.25, -0.2) is 4.68 Å². The second kappa shape index (κ2) is 4.31. The van der Waals surface area contributed by atoms with Crippen molar-refractivity contribution in [1.82, 2.24) is 14.7 Å². The Morgan fingerprint density at radius 1 is 1.35 bits per heavy atom. The first kappa shape index (κ1) is 11.0. The molecule has 0 aliphatic carbocycles. The van der Waals surface area contributed by atoms with E-state index >= 15 is 0 Å². The van der Waals surface area contributed by atoms with E-state index in [0.717, 1.165) is 50.5 Å². The predicted octanol–water partition coefficient (Wildman–Crippen LogP) is 0.805. The Hall–Kier alpha value is -1.07. The second-order valence-electron chi connectivity index (χ2n) is 5.09. The number of aromatic nitrogens is 2. The summed E-state index contributed by atoms with van der Waals surface area (Å²) in [5.74, 6) is 0.873. The fourth-order valence-electron chi connectivity index (χ4n) is 2.78. The van der Waals surface area contributed by atoms with Crippen LogP contribution < -0.4 is 5.73 Å². The molecule has 0 bridgehead atoms. The molecule has 0 amide bonds. The Kier molecular flexibility index (Phi) is 2.80. The van der Waals surface area contributed by atoms with E-state index in [1.165, 1.54) is 5.56 Å². The molecule has 0 aromatic carbocycles. The lowest BCUT2D eigenvalue weighted by molar-refractivity contribution is 0.107. The molecule has 1 saturated heterocycles. The van der Waals surface area contributed by atoms with Crippen LogP contribution in [0, 0.1) is 0 Å². The highest BCUT2D eigenvalue weighted by atomic mass is 16.5. The molecule has 0 saturated carbocycles. The number of piperidine rings is 1. The molecule has 1 aromatic rings. The number of rotatable bonds is 1. The Morgan fingerprint density at radius 2 is 2.12 bits per heavy atom. The molecule has 5 heteroatoms. The number of hydrogen-bond donors (Lipinski definition) is 1. The van der Waals surface area contributed by atoms with E-state index in [2.05, 4.69) is 17.0 Å². The van der Waals surface area contributed by atoms with Crippen molar-refractivity contribution >= 4 is 5.82 Å². The van der Waals surface area contributed by atoms with Crippen molar-refractivity contribution < 1.29 is 4.74 Å². The molecule has 2 aliphatic rings. The highest BCUT2D eigenvalue weighted by Crippen LogP contribution is 2.29. The van der Waals surface area contributed by atoms with E-state index in [1.807, 2.05) is 4.68 Å². The normalized spacial score (nSPS) is 22.6. The topological polar surface area (TPSA) is 56.3 Å². The minimum absolute atomic E-state index is 0.469. The van der Waals surface area contributed by atoms with Gasteiger partial charge >= 0.3 is 0 Å². The van der Waals surface area contributed by atoms with Crippen LogP contribution in [-0.4, -0.2) is 41.4 Å². The fraction of sp³-hybridized carbons (Fsp3) is 0.750. The summed E-state index contributed by atoms with van der Waals surface area (Å²) in [5, 5.41) is 4.65. The van der Waals surface area contributed by atoms with Gasteiger partial charge in [-0.2, -0.15) is 5.10 Å². The summed E-state index contributed by atoms with van der Waals surface area (Å²) in [6.07, 6.45) is 3.19. The van der Waals surface area contributed by atoms with Crippen LogP contribution in [0.1, 0.15) is 30.1 Å². The molecule has 2 N–H and O–H groups in total. The molecule has 17 heavy (non-hydrogen) atoms. The summed E-state index contributed by atoms with van der Waals surface area (Å²) in [6, 6.07) is 0.469. The standard InChI is InChI=1S/C12H20N4O/c1-15-5-2-9(3-6-15)16-12(13)10-4-7-17-8-11(10)14-16/h9H,2-8,13H2,1H3. The van der Waals surface area contributed by atoms with E-state index in [-0.39, 0.29) is 0 Å². The van der Waals surface area contributed by atoms with Crippen LogP contribution >= 0.6 is 0 Å². The van der Waals surface area contributed by atoms with Crippen LogP contribution in [0.3, 0.4) is 0 Å². The molecule has 94 valence electrons. The number of fused-ring (bicyclic) bond motifs is 1. The minimum atomic E-state index is 0.469. The van der Waals surface area contributed by atoms with Gasteiger partial charge in [0.1, 0.15) is 5.82 Å². The number of nitrogens with two attached hydrogens (primary N) is 1. The van der Waals surface area contributed by atoms with E-state index in [0.29, 0.717) is 12.6 Å². The largest absolute Gasteiger partial charge is 0.384 e. The highest BCUT2D eigenvalue weighted by Gasteiger charge is 2.25. The van der Waals surface area contributed by atoms with Gasteiger partial charge in [0.2, 0.25) is 0 Å². The average molecular weight is 236 g/mol. The number of nitrogen functional groups attached to an aromatic ring is 1. The number of hydrogen-bond acceptors (Lipinski definition) is 4. The smallest absolute Gasteiger partial charge is 0.125 e. The zero-order chi connectivity index (χ0) is 11.8. The number of ether oxygens (including phenoxy) is 1. The van der Waals surface area contributed by atoms with Gasteiger partial charge in [-0.15, -0.1) is 0 Å². The first-order valence-corrected chi connectivity index (χ1v) is 6.37. The van der Waals surface area contributed by atoms with Gasteiger partial charge in [-0.1, -0.05) is 0 Å². The molecule has 1 fully saturated rings.